The number of pyridine rings is 1. The molecule has 8 rings (SSSR count). The molecule has 0 amide bonds. The van der Waals surface area contributed by atoms with Crippen LogP contribution >= 0.6 is 0 Å². The van der Waals surface area contributed by atoms with Crippen molar-refractivity contribution in [3.63, 3.8) is 0 Å². The zero-order chi connectivity index (χ0) is 30.9. The monoisotopic (exact) mass is 619 g/mol. The highest BCUT2D eigenvalue weighted by molar-refractivity contribution is 6.01. The Morgan fingerprint density at radius 1 is 1.13 bits per heavy atom. The number of aromatic hydroxyl groups is 1. The molecule has 0 unspecified atom stereocenters. The van der Waals surface area contributed by atoms with Gasteiger partial charge in [-0.1, -0.05) is 13.0 Å². The van der Waals surface area contributed by atoms with Gasteiger partial charge < -0.3 is 19.5 Å². The minimum absolute atomic E-state index is 0.0305. The van der Waals surface area contributed by atoms with Crippen molar-refractivity contribution in [2.75, 3.05) is 44.3 Å². The second-order valence-electron chi connectivity index (χ2n) is 13.0. The van der Waals surface area contributed by atoms with Gasteiger partial charge in [-0.2, -0.15) is 9.97 Å². The molecule has 6 heterocycles. The van der Waals surface area contributed by atoms with Crippen molar-refractivity contribution < 1.29 is 27.8 Å². The summed E-state index contributed by atoms with van der Waals surface area (Å²) in [6.45, 7) is 5.38. The molecule has 2 aromatic carbocycles. The highest BCUT2D eigenvalue weighted by atomic mass is 19.1. The van der Waals surface area contributed by atoms with Crippen molar-refractivity contribution in [1.29, 1.82) is 0 Å². The summed E-state index contributed by atoms with van der Waals surface area (Å²) < 4.78 is 58.4. The number of aryl methyl sites for hydroxylation is 1. The summed E-state index contributed by atoms with van der Waals surface area (Å²) in [6, 6.07) is 5.92. The van der Waals surface area contributed by atoms with Crippen LogP contribution in [0.5, 0.6) is 11.8 Å². The van der Waals surface area contributed by atoms with Gasteiger partial charge in [0.2, 0.25) is 0 Å². The van der Waals surface area contributed by atoms with Crippen molar-refractivity contribution in [1.82, 2.24) is 19.9 Å². The Balaban J connectivity index is 1.26. The minimum atomic E-state index is -0.905. The molecular weight excluding hydrogens is 583 g/mol. The lowest BCUT2D eigenvalue weighted by molar-refractivity contribution is 0.0771. The molecule has 4 atom stereocenters. The fraction of sp³-hybridized carbons (Fsp3) is 0.500. The first kappa shape index (κ1) is 28.8. The molecule has 4 saturated heterocycles. The second kappa shape index (κ2) is 11.0. The maximum atomic E-state index is 16.8. The first-order chi connectivity index (χ1) is 21.8. The lowest BCUT2D eigenvalue weighted by atomic mass is 9.93. The highest BCUT2D eigenvalue weighted by Crippen LogP contribution is 2.42. The van der Waals surface area contributed by atoms with E-state index in [-0.39, 0.29) is 41.2 Å². The number of anilines is 1. The number of rotatable bonds is 6. The highest BCUT2D eigenvalue weighted by Gasteiger charge is 2.49. The summed E-state index contributed by atoms with van der Waals surface area (Å²) in [6.07, 6.45) is 5.22. The van der Waals surface area contributed by atoms with Crippen LogP contribution in [0.3, 0.4) is 0 Å². The standard InChI is InChI=1S/C34H36F3N5O3/c1-2-23-26(36)5-4-19-12-22(43)13-24(28(19)23)30-29(37)31-25(15-38-30)32(41-10-6-27-20(16-41)7-11-44-27)40-33(39-31)45-18-34-8-3-9-42(34)17-21(35)14-34/h4-5,12-13,15,20-21,27,43H,2-3,6-11,14,16-18H2,1H3/t20-,21-,27+,34+/m1/s1. The first-order valence-electron chi connectivity index (χ1n) is 16.0. The topological polar surface area (TPSA) is 83.8 Å². The molecule has 0 saturated carbocycles. The molecule has 0 spiro atoms. The van der Waals surface area contributed by atoms with Crippen LogP contribution in [-0.2, 0) is 11.2 Å². The van der Waals surface area contributed by atoms with Gasteiger partial charge in [0.15, 0.2) is 5.82 Å². The van der Waals surface area contributed by atoms with E-state index in [1.165, 1.54) is 18.2 Å². The van der Waals surface area contributed by atoms with Crippen LogP contribution in [0, 0.1) is 17.6 Å². The van der Waals surface area contributed by atoms with Gasteiger partial charge in [0.05, 0.1) is 17.0 Å². The van der Waals surface area contributed by atoms with Crippen LogP contribution in [-0.4, -0.2) is 82.2 Å². The molecule has 0 aliphatic carbocycles. The minimum Gasteiger partial charge on any atom is -0.508 e. The van der Waals surface area contributed by atoms with Crippen molar-refractivity contribution in [3.05, 3.63) is 47.7 Å². The van der Waals surface area contributed by atoms with Crippen LogP contribution in [0.4, 0.5) is 19.0 Å². The second-order valence-corrected chi connectivity index (χ2v) is 13.0. The van der Waals surface area contributed by atoms with Crippen LogP contribution in [0.15, 0.2) is 30.5 Å². The number of nitrogens with zero attached hydrogens (tertiary/aromatic N) is 5. The fourth-order valence-corrected chi connectivity index (χ4v) is 8.27. The number of phenolic OH excluding ortho intramolecular Hbond substituents is 1. The van der Waals surface area contributed by atoms with Gasteiger partial charge in [-0.05, 0) is 73.2 Å². The van der Waals surface area contributed by atoms with Crippen molar-refractivity contribution in [3.8, 4) is 23.0 Å². The van der Waals surface area contributed by atoms with Gasteiger partial charge in [0.25, 0.3) is 0 Å². The third-order valence-corrected chi connectivity index (χ3v) is 10.4. The zero-order valence-corrected chi connectivity index (χ0v) is 25.2. The van der Waals surface area contributed by atoms with E-state index in [1.54, 1.807) is 12.3 Å². The number of aromatic nitrogens is 3. The Kier molecular flexibility index (Phi) is 7.01. The first-order valence-corrected chi connectivity index (χ1v) is 16.0. The number of ether oxygens (including phenoxy) is 2. The third kappa shape index (κ3) is 4.77. The summed E-state index contributed by atoms with van der Waals surface area (Å²) in [5, 5.41) is 12.1. The van der Waals surface area contributed by atoms with Gasteiger partial charge in [-0.25, -0.2) is 13.2 Å². The Morgan fingerprint density at radius 3 is 2.89 bits per heavy atom. The molecule has 4 aromatic rings. The smallest absolute Gasteiger partial charge is 0.319 e. The molecule has 4 aliphatic heterocycles. The summed E-state index contributed by atoms with van der Waals surface area (Å²) in [4.78, 5) is 18.3. The summed E-state index contributed by atoms with van der Waals surface area (Å²) in [5.41, 5.74) is 0.277. The predicted molar refractivity (Wildman–Crippen MR) is 164 cm³/mol. The van der Waals surface area contributed by atoms with E-state index in [4.69, 9.17) is 14.5 Å². The molecule has 2 aromatic heterocycles. The number of halogens is 3. The molecule has 8 nitrogen and oxygen atoms in total. The Morgan fingerprint density at radius 2 is 2.02 bits per heavy atom. The van der Waals surface area contributed by atoms with Crippen LogP contribution in [0.25, 0.3) is 32.9 Å². The summed E-state index contributed by atoms with van der Waals surface area (Å²) in [7, 11) is 0. The molecular formula is C34H36F3N5O3. The van der Waals surface area contributed by atoms with E-state index < -0.39 is 23.3 Å². The third-order valence-electron chi connectivity index (χ3n) is 10.4. The molecule has 0 radical (unpaired) electrons. The van der Waals surface area contributed by atoms with Crippen LogP contribution < -0.4 is 9.64 Å². The molecule has 4 fully saturated rings. The molecule has 0 bridgehead atoms. The van der Waals surface area contributed by atoms with Gasteiger partial charge in [-0.3, -0.25) is 9.88 Å². The number of hydrogen-bond acceptors (Lipinski definition) is 8. The Bertz CT molecular complexity index is 1810. The predicted octanol–water partition coefficient (Wildman–Crippen LogP) is 5.96. The lowest BCUT2D eigenvalue weighted by Gasteiger charge is -2.35. The normalized spacial score (nSPS) is 26.6. The van der Waals surface area contributed by atoms with Crippen molar-refractivity contribution >= 4 is 27.5 Å². The quantitative estimate of drug-likeness (QED) is 0.283. The van der Waals surface area contributed by atoms with E-state index in [9.17, 15) is 13.9 Å². The maximum absolute atomic E-state index is 16.8. The Hall–Kier alpha value is -3.70. The molecule has 4 aliphatic rings. The number of phenols is 1. The van der Waals surface area contributed by atoms with E-state index in [2.05, 4.69) is 19.8 Å². The summed E-state index contributed by atoms with van der Waals surface area (Å²) >= 11 is 0. The SMILES string of the molecule is CCc1c(F)ccc2cc(O)cc(-c3ncc4c(N5CC[C@@H]6OCC[C@@H]6C5)nc(OC[C@@]56CCCN5C[C@H](F)C6)nc4c3F)c12. The molecule has 11 heteroatoms. The van der Waals surface area contributed by atoms with Gasteiger partial charge in [0, 0.05) is 50.3 Å². The number of hydrogen-bond donors (Lipinski definition) is 1. The van der Waals surface area contributed by atoms with Gasteiger partial charge in [0.1, 0.15) is 41.4 Å². The maximum Gasteiger partial charge on any atom is 0.319 e. The van der Waals surface area contributed by atoms with E-state index in [0.717, 1.165) is 38.8 Å². The Labute approximate surface area is 259 Å². The average molecular weight is 620 g/mol. The molecule has 236 valence electrons. The van der Waals surface area contributed by atoms with Gasteiger partial charge >= 0.3 is 6.01 Å². The van der Waals surface area contributed by atoms with Crippen LogP contribution in [0.1, 0.15) is 44.6 Å². The van der Waals surface area contributed by atoms with E-state index in [1.807, 2.05) is 6.92 Å². The lowest BCUT2D eigenvalue weighted by Crippen LogP contribution is -2.44. The number of alkyl halides is 1. The molecule has 1 N–H and O–H groups in total. The van der Waals surface area contributed by atoms with Crippen LogP contribution in [0.2, 0.25) is 0 Å². The van der Waals surface area contributed by atoms with Crippen molar-refractivity contribution in [2.24, 2.45) is 5.92 Å². The fourth-order valence-electron chi connectivity index (χ4n) is 8.27. The van der Waals surface area contributed by atoms with E-state index >= 15 is 4.39 Å². The number of fused-ring (bicyclic) bond motifs is 4. The van der Waals surface area contributed by atoms with Crippen molar-refractivity contribution in [2.45, 2.75) is 63.3 Å². The summed E-state index contributed by atoms with van der Waals surface area (Å²) in [5.74, 6) is -0.305. The zero-order valence-electron chi connectivity index (χ0n) is 25.2. The largest absolute Gasteiger partial charge is 0.508 e. The number of piperidine rings is 1. The van der Waals surface area contributed by atoms with E-state index in [0.29, 0.717) is 65.9 Å². The molecule has 45 heavy (non-hydrogen) atoms. The van der Waals surface area contributed by atoms with Gasteiger partial charge in [-0.15, -0.1) is 0 Å². The average Bonchev–Trinajstić information content (AvgIpc) is 3.73. The number of benzene rings is 2.